The highest BCUT2D eigenvalue weighted by atomic mass is 15.2. The normalized spacial score (nSPS) is 14.4. The first kappa shape index (κ1) is 57.0. The smallest absolute Gasteiger partial charge is 0.252 e. The Hall–Kier alpha value is -13.2. The monoisotopic (exact) mass is 1410 g/mol. The molecule has 3 heterocycles. The van der Waals surface area contributed by atoms with Gasteiger partial charge in [0.15, 0.2) is 0 Å². The van der Waals surface area contributed by atoms with E-state index in [1.807, 2.05) is 6.07 Å². The highest BCUT2D eigenvalue weighted by Gasteiger charge is 2.54. The maximum Gasteiger partial charge on any atom is 0.252 e. The maximum absolute atomic E-state index is 10.0. The molecule has 0 unspecified atom stereocenters. The number of hydrogen-bond donors (Lipinski definition) is 0. The zero-order valence-electron chi connectivity index (χ0n) is 70.0. The molecule has 16 aromatic carbocycles. The van der Waals surface area contributed by atoms with Gasteiger partial charge in [-0.3, -0.25) is 0 Å². The van der Waals surface area contributed by atoms with Crippen LogP contribution in [-0.2, 0) is 16.2 Å². The van der Waals surface area contributed by atoms with Gasteiger partial charge in [0.2, 0.25) is 0 Å². The fourth-order valence-corrected chi connectivity index (χ4v) is 18.5. The van der Waals surface area contributed by atoms with Crippen molar-refractivity contribution in [2.45, 2.75) is 57.8 Å². The number of anilines is 9. The van der Waals surface area contributed by atoms with Crippen LogP contribution in [0.2, 0.25) is 0 Å². The third-order valence-electron chi connectivity index (χ3n) is 23.5. The van der Waals surface area contributed by atoms with E-state index in [4.69, 9.17) is 0 Å². The first-order valence-electron chi connectivity index (χ1n) is 42.1. The summed E-state index contributed by atoms with van der Waals surface area (Å²) in [5.74, 6) is 0. The second-order valence-corrected chi connectivity index (χ2v) is 31.7. The number of hydrogen-bond acceptors (Lipinski definition) is 3. The predicted octanol–water partition coefficient (Wildman–Crippen LogP) is 25.9. The maximum atomic E-state index is 10.0. The van der Waals surface area contributed by atoms with Crippen molar-refractivity contribution in [3.8, 4) is 72.4 Å². The van der Waals surface area contributed by atoms with Gasteiger partial charge in [0, 0.05) is 72.8 Å². The summed E-state index contributed by atoms with van der Waals surface area (Å²) in [6.07, 6.45) is 0. The zero-order valence-corrected chi connectivity index (χ0v) is 62.0. The van der Waals surface area contributed by atoms with Crippen molar-refractivity contribution >= 4 is 96.1 Å². The van der Waals surface area contributed by atoms with E-state index >= 15 is 0 Å². The lowest BCUT2D eigenvalue weighted by Crippen LogP contribution is -2.61. The molecule has 5 heteroatoms. The summed E-state index contributed by atoms with van der Waals surface area (Å²) in [5.41, 5.74) is 29.7. The molecule has 0 radical (unpaired) electrons. The number of benzene rings is 16. The van der Waals surface area contributed by atoms with Crippen LogP contribution in [0.15, 0.2) is 370 Å². The van der Waals surface area contributed by atoms with Crippen molar-refractivity contribution in [3.05, 3.63) is 403 Å². The van der Waals surface area contributed by atoms with Crippen LogP contribution < -0.4 is 31.1 Å². The van der Waals surface area contributed by atoms with Crippen LogP contribution in [-0.4, -0.2) is 11.3 Å². The summed E-state index contributed by atoms with van der Waals surface area (Å²) in [5, 5.41) is 0.0000647. The molecule has 21 rings (SSSR count). The van der Waals surface area contributed by atoms with E-state index in [2.05, 4.69) is 372 Å². The van der Waals surface area contributed by atoms with Gasteiger partial charge in [-0.1, -0.05) is 320 Å². The molecule has 17 aromatic rings. The molecular formula is C105H79BN4. The summed E-state index contributed by atoms with van der Waals surface area (Å²) >= 11 is 0. The molecule has 1 aromatic heterocycles. The number of nitrogens with zero attached hydrogens (tertiary/aromatic N) is 4. The Morgan fingerprint density at radius 2 is 0.673 bits per heavy atom. The third-order valence-corrected chi connectivity index (χ3v) is 23.5. The number of para-hydroxylation sites is 4. The van der Waals surface area contributed by atoms with Crippen LogP contribution in [0.4, 0.5) is 51.2 Å². The second kappa shape index (κ2) is 24.9. The molecule has 4 aliphatic rings. The van der Waals surface area contributed by atoms with Crippen molar-refractivity contribution in [1.29, 1.82) is 0 Å². The van der Waals surface area contributed by atoms with Crippen LogP contribution >= 0.6 is 0 Å². The molecule has 0 fully saturated rings. The molecule has 522 valence electrons. The van der Waals surface area contributed by atoms with Crippen molar-refractivity contribution in [1.82, 2.24) is 4.57 Å². The molecule has 2 aliphatic heterocycles. The standard InChI is InChI=1S/C105H79BN4/c1-103(2,3)72-59-83(68-35-13-7-14-36-68)101(84(60-72)69-37-15-8-16-38-69)109-96-63-76(108-94-55-33-28-50-81(94)82-51-29-34-56-95(82)108)57-58-92(96)106-93-67-91-87(80-49-27-32-54-90(80)105(91)88-52-30-25-47-78(88)79-48-26-31-53-89(79)105)66-97(93)110(99-65-77(64-98(109)100(99)106)107(74-43-21-11-22-44-74)75-45-23-12-24-46-75)102-85(70-39-17-9-18-40-70)61-73(104(4,5)6)62-86(102)71-41-19-10-20-42-71/h7-67H,1-6H3/i28D,29D,33D,34D,50D,51D,55D,56D. The highest BCUT2D eigenvalue weighted by Crippen LogP contribution is 2.65. The van der Waals surface area contributed by atoms with E-state index in [9.17, 15) is 11.0 Å². The quantitative estimate of drug-likeness (QED) is 0.127. The van der Waals surface area contributed by atoms with Crippen molar-refractivity contribution in [2.75, 3.05) is 14.7 Å². The van der Waals surface area contributed by atoms with Gasteiger partial charge in [0.1, 0.15) is 0 Å². The molecule has 1 spiro atoms. The lowest BCUT2D eigenvalue weighted by atomic mass is 9.33. The third kappa shape index (κ3) is 9.86. The minimum Gasteiger partial charge on any atom is -0.310 e. The van der Waals surface area contributed by atoms with E-state index in [0.717, 1.165) is 134 Å². The molecule has 0 bridgehead atoms. The summed E-state index contributed by atoms with van der Waals surface area (Å²) < 4.78 is 78.6. The van der Waals surface area contributed by atoms with Crippen molar-refractivity contribution in [2.24, 2.45) is 0 Å². The van der Waals surface area contributed by atoms with Crippen LogP contribution in [0.25, 0.3) is 94.3 Å². The summed E-state index contributed by atoms with van der Waals surface area (Å²) in [6.45, 7) is 13.1. The van der Waals surface area contributed by atoms with E-state index in [1.54, 1.807) is 4.57 Å². The minimum absolute atomic E-state index is 0.0000324. The van der Waals surface area contributed by atoms with Gasteiger partial charge < -0.3 is 19.3 Å². The molecule has 110 heavy (non-hydrogen) atoms. The number of fused-ring (bicyclic) bond motifs is 17. The van der Waals surface area contributed by atoms with Crippen LogP contribution in [0, 0.1) is 0 Å². The minimum atomic E-state index is -0.787. The van der Waals surface area contributed by atoms with Gasteiger partial charge in [-0.2, -0.15) is 0 Å². The van der Waals surface area contributed by atoms with Gasteiger partial charge >= 0.3 is 0 Å². The number of aromatic nitrogens is 1. The van der Waals surface area contributed by atoms with Crippen molar-refractivity contribution in [3.63, 3.8) is 0 Å². The molecule has 0 atom stereocenters. The first-order valence-corrected chi connectivity index (χ1v) is 38.1. The fraction of sp³-hybridized carbons (Fsp3) is 0.0857. The lowest BCUT2D eigenvalue weighted by molar-refractivity contribution is 0.590. The number of rotatable bonds is 10. The summed E-state index contributed by atoms with van der Waals surface area (Å²) in [6, 6.07) is 114. The molecule has 0 amide bonds. The van der Waals surface area contributed by atoms with Crippen LogP contribution in [0.1, 0.15) is 85.9 Å². The molecule has 4 nitrogen and oxygen atoms in total. The van der Waals surface area contributed by atoms with Crippen molar-refractivity contribution < 1.29 is 11.0 Å². The summed E-state index contributed by atoms with van der Waals surface area (Å²) in [4.78, 5) is 7.49. The Bertz CT molecular complexity index is 6780. The van der Waals surface area contributed by atoms with Crippen LogP contribution in [0.5, 0.6) is 0 Å². The Kier molecular flexibility index (Phi) is 12.9. The van der Waals surface area contributed by atoms with E-state index < -0.39 is 48.4 Å². The van der Waals surface area contributed by atoms with Crippen LogP contribution in [0.3, 0.4) is 0 Å². The van der Waals surface area contributed by atoms with E-state index in [-0.39, 0.29) is 44.7 Å². The Labute approximate surface area is 656 Å². The molecule has 0 N–H and O–H groups in total. The average molecular weight is 1420 g/mol. The van der Waals surface area contributed by atoms with Gasteiger partial charge in [-0.25, -0.2) is 0 Å². The van der Waals surface area contributed by atoms with E-state index in [0.29, 0.717) is 5.69 Å². The topological polar surface area (TPSA) is 14.7 Å². The molecular weight excluding hydrogens is 1330 g/mol. The van der Waals surface area contributed by atoms with Gasteiger partial charge in [-0.15, -0.1) is 0 Å². The molecule has 0 saturated carbocycles. The highest BCUT2D eigenvalue weighted by molar-refractivity contribution is 7.00. The average Bonchev–Trinajstić information content (AvgIpc) is 1.41. The predicted molar refractivity (Wildman–Crippen MR) is 465 cm³/mol. The molecule has 2 aliphatic carbocycles. The molecule has 0 saturated heterocycles. The summed E-state index contributed by atoms with van der Waals surface area (Å²) in [7, 11) is 0. The Morgan fingerprint density at radius 3 is 1.08 bits per heavy atom. The van der Waals surface area contributed by atoms with E-state index in [1.165, 1.54) is 33.4 Å². The Morgan fingerprint density at radius 1 is 0.309 bits per heavy atom. The second-order valence-electron chi connectivity index (χ2n) is 31.7. The largest absolute Gasteiger partial charge is 0.310 e. The van der Waals surface area contributed by atoms with Gasteiger partial charge in [-0.05, 0) is 196 Å². The zero-order chi connectivity index (χ0) is 80.7. The first-order chi connectivity index (χ1) is 57.2. The van der Waals surface area contributed by atoms with Gasteiger partial charge in [0.05, 0.1) is 44.5 Å². The Balaban J connectivity index is 1.01. The van der Waals surface area contributed by atoms with Gasteiger partial charge in [0.25, 0.3) is 6.71 Å². The fourth-order valence-electron chi connectivity index (χ4n) is 18.5. The lowest BCUT2D eigenvalue weighted by Gasteiger charge is -2.47. The SMILES string of the molecule is [2H]c1c([2H])c([2H])c2c(c1[2H])c1c([2H])c([2H])c([2H])c([2H])c1n2-c1ccc2c(c1)N(c1c(-c3ccccc3)cc(C(C)(C)C)cc1-c1ccccc1)c1cc(N(c3ccccc3)c3ccccc3)cc3c1B2c1cc2c(cc1N3c1c(-c3ccccc3)cc(C(C)(C)C)cc1-c1ccccc1)-c1ccccc1C21c2ccccc2-c2ccccc21.